The molecule has 0 unspecified atom stereocenters. The van der Waals surface area contributed by atoms with Crippen LogP contribution in [0.25, 0.3) is 0 Å². The van der Waals surface area contributed by atoms with Crippen molar-refractivity contribution in [3.63, 3.8) is 0 Å². The van der Waals surface area contributed by atoms with Crippen LogP contribution in [-0.4, -0.2) is 0 Å². The highest BCUT2D eigenvalue weighted by atomic mass is 14.0. The lowest BCUT2D eigenvalue weighted by molar-refractivity contribution is 0.717. The molecule has 0 radical (unpaired) electrons. The van der Waals surface area contributed by atoms with Crippen molar-refractivity contribution >= 4 is 0 Å². The SMILES string of the molecule is CCCCCc1ccc(C#Cc2ccc(CCc3ccc(CCCCC)cc3)cc2)cc1. The average molecular weight is 423 g/mol. The third-order valence-electron chi connectivity index (χ3n) is 6.12. The van der Waals surface area contributed by atoms with E-state index in [9.17, 15) is 0 Å². The molecule has 0 aliphatic carbocycles. The minimum absolute atomic E-state index is 1.07. The van der Waals surface area contributed by atoms with Gasteiger partial charge in [0.15, 0.2) is 0 Å². The molecule has 0 fully saturated rings. The second-order valence-electron chi connectivity index (χ2n) is 8.87. The van der Waals surface area contributed by atoms with Crippen molar-refractivity contribution in [2.75, 3.05) is 0 Å². The molecule has 0 saturated carbocycles. The molecular weight excluding hydrogens is 384 g/mol. The van der Waals surface area contributed by atoms with Crippen LogP contribution in [0, 0.1) is 11.8 Å². The van der Waals surface area contributed by atoms with E-state index in [4.69, 9.17) is 0 Å². The molecule has 0 N–H and O–H groups in total. The Morgan fingerprint density at radius 1 is 0.406 bits per heavy atom. The second kappa shape index (κ2) is 13.6. The van der Waals surface area contributed by atoms with Gasteiger partial charge in [0.05, 0.1) is 0 Å². The zero-order chi connectivity index (χ0) is 22.4. The first-order chi connectivity index (χ1) is 15.8. The van der Waals surface area contributed by atoms with Crippen molar-refractivity contribution in [1.29, 1.82) is 0 Å². The van der Waals surface area contributed by atoms with Crippen LogP contribution in [0.2, 0.25) is 0 Å². The molecular formula is C32H38. The Balaban J connectivity index is 1.47. The molecule has 0 heterocycles. The van der Waals surface area contributed by atoms with Crippen LogP contribution in [0.1, 0.15) is 85.8 Å². The van der Waals surface area contributed by atoms with E-state index in [-0.39, 0.29) is 0 Å². The molecule has 0 heteroatoms. The number of hydrogen-bond acceptors (Lipinski definition) is 0. The summed E-state index contributed by atoms with van der Waals surface area (Å²) in [4.78, 5) is 0. The summed E-state index contributed by atoms with van der Waals surface area (Å²) in [6.45, 7) is 4.51. The molecule has 3 aromatic rings. The van der Waals surface area contributed by atoms with E-state index < -0.39 is 0 Å². The van der Waals surface area contributed by atoms with Crippen LogP contribution < -0.4 is 0 Å². The summed E-state index contributed by atoms with van der Waals surface area (Å²) < 4.78 is 0. The van der Waals surface area contributed by atoms with Crippen LogP contribution in [0.5, 0.6) is 0 Å². The summed E-state index contributed by atoms with van der Waals surface area (Å²) in [5.74, 6) is 6.62. The van der Waals surface area contributed by atoms with Gasteiger partial charge < -0.3 is 0 Å². The predicted octanol–water partition coefficient (Wildman–Crippen LogP) is 8.34. The summed E-state index contributed by atoms with van der Waals surface area (Å²) in [7, 11) is 0. The normalized spacial score (nSPS) is 10.6. The van der Waals surface area contributed by atoms with E-state index in [1.54, 1.807) is 0 Å². The molecule has 0 nitrogen and oxygen atoms in total. The maximum atomic E-state index is 3.31. The number of rotatable bonds is 11. The van der Waals surface area contributed by atoms with Gasteiger partial charge in [0.2, 0.25) is 0 Å². The van der Waals surface area contributed by atoms with E-state index in [2.05, 4.69) is 98.5 Å². The Morgan fingerprint density at radius 2 is 0.719 bits per heavy atom. The highest BCUT2D eigenvalue weighted by Gasteiger charge is 1.99. The van der Waals surface area contributed by atoms with Crippen molar-refractivity contribution in [2.45, 2.75) is 78.1 Å². The van der Waals surface area contributed by atoms with Gasteiger partial charge >= 0.3 is 0 Å². The van der Waals surface area contributed by atoms with Crippen molar-refractivity contribution in [3.05, 3.63) is 106 Å². The van der Waals surface area contributed by atoms with Gasteiger partial charge in [-0.15, -0.1) is 0 Å². The van der Waals surface area contributed by atoms with Gasteiger partial charge in [0.25, 0.3) is 0 Å². The van der Waals surface area contributed by atoms with E-state index in [0.29, 0.717) is 0 Å². The van der Waals surface area contributed by atoms with Gasteiger partial charge in [0.1, 0.15) is 0 Å². The monoisotopic (exact) mass is 422 g/mol. The lowest BCUT2D eigenvalue weighted by Gasteiger charge is -2.05. The standard InChI is InChI=1S/C32H38/c1-3-5-7-9-27-11-15-29(16-12-27)19-21-31-23-25-32(26-24-31)22-20-30-17-13-28(14-18-30)10-8-6-4-2/h11-18,23-26H,3-10,19,21H2,1-2H3. The van der Waals surface area contributed by atoms with Crippen LogP contribution in [0.4, 0.5) is 0 Å². The lowest BCUT2D eigenvalue weighted by atomic mass is 10.0. The molecule has 0 aromatic heterocycles. The average Bonchev–Trinajstić information content (AvgIpc) is 2.84. The number of hydrogen-bond donors (Lipinski definition) is 0. The van der Waals surface area contributed by atoms with Gasteiger partial charge in [-0.3, -0.25) is 0 Å². The Morgan fingerprint density at radius 3 is 1.06 bits per heavy atom. The smallest absolute Gasteiger partial charge is 0.0249 e. The van der Waals surface area contributed by atoms with Crippen LogP contribution in [-0.2, 0) is 25.7 Å². The lowest BCUT2D eigenvalue weighted by Crippen LogP contribution is -1.93. The molecule has 0 aliphatic rings. The largest absolute Gasteiger partial charge is 0.0654 e. The zero-order valence-electron chi connectivity index (χ0n) is 20.0. The Labute approximate surface area is 196 Å². The molecule has 166 valence electrons. The van der Waals surface area contributed by atoms with Gasteiger partial charge in [-0.2, -0.15) is 0 Å². The van der Waals surface area contributed by atoms with E-state index in [1.165, 1.54) is 73.6 Å². The Hall–Kier alpha value is -2.78. The quantitative estimate of drug-likeness (QED) is 0.215. The Kier molecular flexibility index (Phi) is 10.1. The Bertz CT molecular complexity index is 963. The summed E-state index contributed by atoms with van der Waals surface area (Å²) in [6, 6.07) is 26.7. The first-order valence-corrected chi connectivity index (χ1v) is 12.5. The number of benzene rings is 3. The van der Waals surface area contributed by atoms with Gasteiger partial charge in [-0.25, -0.2) is 0 Å². The van der Waals surface area contributed by atoms with Crippen molar-refractivity contribution in [3.8, 4) is 11.8 Å². The van der Waals surface area contributed by atoms with Crippen LogP contribution in [0.3, 0.4) is 0 Å². The molecule has 32 heavy (non-hydrogen) atoms. The van der Waals surface area contributed by atoms with Crippen LogP contribution in [0.15, 0.2) is 72.8 Å². The maximum Gasteiger partial charge on any atom is 0.0249 e. The second-order valence-corrected chi connectivity index (χ2v) is 8.87. The molecule has 0 spiro atoms. The highest BCUT2D eigenvalue weighted by Crippen LogP contribution is 2.13. The summed E-state index contributed by atoms with van der Waals surface area (Å²) in [5.41, 5.74) is 7.85. The summed E-state index contributed by atoms with van der Waals surface area (Å²) in [6.07, 6.45) is 12.3. The number of unbranched alkanes of at least 4 members (excludes halogenated alkanes) is 4. The van der Waals surface area contributed by atoms with Crippen molar-refractivity contribution in [1.82, 2.24) is 0 Å². The van der Waals surface area contributed by atoms with Crippen molar-refractivity contribution in [2.24, 2.45) is 0 Å². The molecule has 0 saturated heterocycles. The molecule has 0 bridgehead atoms. The maximum absolute atomic E-state index is 3.31. The fourth-order valence-corrected chi connectivity index (χ4v) is 3.97. The topological polar surface area (TPSA) is 0 Å². The summed E-state index contributed by atoms with van der Waals surface area (Å²) >= 11 is 0. The van der Waals surface area contributed by atoms with Gasteiger partial charge in [-0.1, -0.05) is 99.9 Å². The fourth-order valence-electron chi connectivity index (χ4n) is 3.97. The minimum atomic E-state index is 1.07. The van der Waals surface area contributed by atoms with E-state index >= 15 is 0 Å². The van der Waals surface area contributed by atoms with Crippen molar-refractivity contribution < 1.29 is 0 Å². The number of aryl methyl sites for hydroxylation is 4. The first kappa shape index (κ1) is 23.9. The van der Waals surface area contributed by atoms with Gasteiger partial charge in [0, 0.05) is 11.1 Å². The highest BCUT2D eigenvalue weighted by molar-refractivity contribution is 5.44. The molecule has 0 atom stereocenters. The molecule has 0 aliphatic heterocycles. The third kappa shape index (κ3) is 8.39. The third-order valence-corrected chi connectivity index (χ3v) is 6.12. The predicted molar refractivity (Wildman–Crippen MR) is 139 cm³/mol. The van der Waals surface area contributed by atoms with E-state index in [1.807, 2.05) is 0 Å². The zero-order valence-corrected chi connectivity index (χ0v) is 20.0. The minimum Gasteiger partial charge on any atom is -0.0654 e. The fraction of sp³-hybridized carbons (Fsp3) is 0.375. The van der Waals surface area contributed by atoms with Gasteiger partial charge in [-0.05, 0) is 85.0 Å². The first-order valence-electron chi connectivity index (χ1n) is 12.5. The summed E-state index contributed by atoms with van der Waals surface area (Å²) in [5, 5.41) is 0. The van der Waals surface area contributed by atoms with E-state index in [0.717, 1.165) is 24.0 Å². The molecule has 0 amide bonds. The van der Waals surface area contributed by atoms with Crippen LogP contribution >= 0.6 is 0 Å². The molecule has 3 rings (SSSR count). The molecule has 3 aromatic carbocycles.